The molecule has 3 N–H and O–H groups in total. The van der Waals surface area contributed by atoms with E-state index in [9.17, 15) is 23.1 Å². The van der Waals surface area contributed by atoms with E-state index in [4.69, 9.17) is 19.9 Å². The number of hydrogen-bond donors (Lipinski definition) is 3. The molecule has 0 saturated heterocycles. The Morgan fingerprint density at radius 2 is 1.67 bits per heavy atom. The molecule has 1 aliphatic heterocycles. The molecule has 14 nitrogen and oxygen atoms in total. The van der Waals surface area contributed by atoms with Gasteiger partial charge in [-0.15, -0.1) is 0 Å². The van der Waals surface area contributed by atoms with Crippen molar-refractivity contribution in [1.82, 2.24) is 23.7 Å². The van der Waals surface area contributed by atoms with Gasteiger partial charge in [-0.05, 0) is 76.8 Å². The number of aliphatic imine (C=N–C) groups is 1. The number of sulfonamides is 1. The summed E-state index contributed by atoms with van der Waals surface area (Å²) in [7, 11) is -1.17. The van der Waals surface area contributed by atoms with Gasteiger partial charge < -0.3 is 20.5 Å². The summed E-state index contributed by atoms with van der Waals surface area (Å²) in [5.41, 5.74) is 4.21. The van der Waals surface area contributed by atoms with Crippen molar-refractivity contribution in [2.75, 3.05) is 31.5 Å². The first-order valence-corrected chi connectivity index (χ1v) is 19.1. The maximum Gasteiger partial charge on any atom is 0.335 e. The van der Waals surface area contributed by atoms with Crippen molar-refractivity contribution in [3.63, 3.8) is 0 Å². The molecule has 6 aromatic rings. The van der Waals surface area contributed by atoms with Crippen molar-refractivity contribution in [2.45, 2.75) is 30.2 Å². The highest BCUT2D eigenvalue weighted by Crippen LogP contribution is 2.36. The van der Waals surface area contributed by atoms with E-state index in [1.807, 2.05) is 54.6 Å². The largest absolute Gasteiger partial charge is 0.478 e. The Labute approximate surface area is 319 Å². The summed E-state index contributed by atoms with van der Waals surface area (Å²) >= 11 is 3.41. The predicted molar refractivity (Wildman–Crippen MR) is 208 cm³/mol. The lowest BCUT2D eigenvalue weighted by Crippen LogP contribution is -2.45. The van der Waals surface area contributed by atoms with Crippen LogP contribution in [0.2, 0.25) is 0 Å². The fraction of sp³-hybridized carbons (Fsp3) is 0.184. The van der Waals surface area contributed by atoms with Crippen LogP contribution in [0.25, 0.3) is 16.9 Å². The highest BCUT2D eigenvalue weighted by Gasteiger charge is 2.41. The van der Waals surface area contributed by atoms with Gasteiger partial charge >= 0.3 is 5.97 Å². The molecular formula is C38H35BrN8O6S. The smallest absolute Gasteiger partial charge is 0.335 e. The van der Waals surface area contributed by atoms with Crippen molar-refractivity contribution >= 4 is 66.4 Å². The van der Waals surface area contributed by atoms with Crippen LogP contribution in [0.1, 0.15) is 34.2 Å². The Morgan fingerprint density at radius 1 is 0.926 bits per heavy atom. The molecule has 0 aliphatic carbocycles. The van der Waals surface area contributed by atoms with Crippen LogP contribution in [0.4, 0.5) is 17.1 Å². The van der Waals surface area contributed by atoms with Gasteiger partial charge in [0.1, 0.15) is 11.6 Å². The Bertz CT molecular complexity index is 2500. The number of amides is 1. The van der Waals surface area contributed by atoms with E-state index in [2.05, 4.69) is 26.6 Å². The molecule has 1 unspecified atom stereocenters. The fourth-order valence-corrected chi connectivity index (χ4v) is 7.85. The van der Waals surface area contributed by atoms with Crippen molar-refractivity contribution < 1.29 is 27.9 Å². The highest BCUT2D eigenvalue weighted by atomic mass is 79.9. The normalized spacial score (nSPS) is 14.0. The van der Waals surface area contributed by atoms with E-state index >= 15 is 0 Å². The topological polar surface area (TPSA) is 173 Å². The number of nitrogens with zero attached hydrogens (tertiary/aromatic N) is 6. The number of aromatic nitrogens is 4. The average molecular weight is 812 g/mol. The van der Waals surface area contributed by atoms with E-state index in [0.29, 0.717) is 41.2 Å². The number of likely N-dealkylation sites (N-methyl/N-ethyl adjacent to an activating group) is 1. The molecule has 0 spiro atoms. The molecule has 1 amide bonds. The number of nitrogens with one attached hydrogen (secondary N) is 2. The standard InChI is InChI=1S/C38H35BrN8O6S/c1-45-36(41-29-12-6-7-13-32(29)54(45,51)52)35(37(48)42-31-21-26(38(49)50)17-20-28(31)39)47-34-22-30(25-10-4-3-5-11-25)43-46(34)33(44-47)14-8-9-24-15-18-27(19-16-24)40-23-53-2/h3-7,10-13,15-22,35,40H,8-9,14,23H2,1-2H3,(H,42,48)(H,49,50). The first-order chi connectivity index (χ1) is 26.0. The first kappa shape index (κ1) is 36.5. The van der Waals surface area contributed by atoms with Gasteiger partial charge in [-0.3, -0.25) is 9.10 Å². The molecule has 0 fully saturated rings. The molecule has 0 bridgehead atoms. The first-order valence-electron chi connectivity index (χ1n) is 16.9. The summed E-state index contributed by atoms with van der Waals surface area (Å²) in [6, 6.07) is 28.5. The fourth-order valence-electron chi connectivity index (χ4n) is 6.19. The van der Waals surface area contributed by atoms with Crippen LogP contribution in [-0.2, 0) is 32.4 Å². The third-order valence-electron chi connectivity index (χ3n) is 8.97. The van der Waals surface area contributed by atoms with Crippen LogP contribution < -0.4 is 10.6 Å². The lowest BCUT2D eigenvalue weighted by molar-refractivity contribution is -0.117. The molecule has 7 rings (SSSR count). The van der Waals surface area contributed by atoms with Gasteiger partial charge in [-0.25, -0.2) is 22.9 Å². The number of fused-ring (bicyclic) bond motifs is 2. The second kappa shape index (κ2) is 15.3. The van der Waals surface area contributed by atoms with Gasteiger partial charge in [0.2, 0.25) is 0 Å². The maximum absolute atomic E-state index is 14.7. The third-order valence-corrected chi connectivity index (χ3v) is 11.5. The summed E-state index contributed by atoms with van der Waals surface area (Å²) < 4.78 is 37.4. The maximum atomic E-state index is 14.7. The van der Waals surface area contributed by atoms with Crippen molar-refractivity contribution in [1.29, 1.82) is 0 Å². The Hall–Kier alpha value is -5.84. The van der Waals surface area contributed by atoms with Gasteiger partial charge in [0.05, 0.1) is 22.6 Å². The SMILES string of the molecule is COCNc1ccc(CCCc2nn(C(C(=O)Nc3cc(C(=O)O)ccc3Br)C3=Nc4ccccc4S(=O)(=O)N3C)c3cc(-c4ccccc4)nn23)cc1. The average Bonchev–Trinajstić information content (AvgIpc) is 3.75. The molecule has 1 aliphatic rings. The monoisotopic (exact) mass is 810 g/mol. The van der Waals surface area contributed by atoms with E-state index in [1.165, 1.54) is 36.0 Å². The number of amidine groups is 1. The summed E-state index contributed by atoms with van der Waals surface area (Å²) in [4.78, 5) is 31.2. The minimum absolute atomic E-state index is 0.00293. The number of methoxy groups -OCH3 is 1. The zero-order chi connectivity index (χ0) is 38.0. The van der Waals surface area contributed by atoms with Crippen LogP contribution in [0.15, 0.2) is 117 Å². The van der Waals surface area contributed by atoms with Gasteiger partial charge in [0, 0.05) is 42.4 Å². The number of carbonyl (C=O) groups excluding carboxylic acids is 1. The molecule has 0 radical (unpaired) electrons. The van der Waals surface area contributed by atoms with E-state index in [1.54, 1.807) is 35.9 Å². The number of aryl methyl sites for hydroxylation is 2. The molecule has 2 aromatic heterocycles. The van der Waals surface area contributed by atoms with Crippen molar-refractivity contribution in [2.24, 2.45) is 4.99 Å². The molecule has 0 saturated carbocycles. The van der Waals surface area contributed by atoms with Crippen LogP contribution in [0, 0.1) is 0 Å². The number of halogens is 1. The van der Waals surface area contributed by atoms with Crippen molar-refractivity contribution in [3.05, 3.63) is 125 Å². The summed E-state index contributed by atoms with van der Waals surface area (Å²) in [5.74, 6) is -1.46. The Morgan fingerprint density at radius 3 is 2.41 bits per heavy atom. The molecule has 1 atom stereocenters. The van der Waals surface area contributed by atoms with Crippen molar-refractivity contribution in [3.8, 4) is 11.3 Å². The number of aromatic carboxylic acids is 1. The van der Waals surface area contributed by atoms with Gasteiger partial charge in [0.25, 0.3) is 15.9 Å². The summed E-state index contributed by atoms with van der Waals surface area (Å²) in [5, 5.41) is 25.5. The minimum atomic E-state index is -4.13. The van der Waals surface area contributed by atoms with Gasteiger partial charge in [-0.1, -0.05) is 54.6 Å². The predicted octanol–water partition coefficient (Wildman–Crippen LogP) is 6.39. The summed E-state index contributed by atoms with van der Waals surface area (Å²) in [6.45, 7) is 0.401. The Balaban J connectivity index is 1.33. The molecule has 3 heterocycles. The van der Waals surface area contributed by atoms with Crippen LogP contribution in [0.5, 0.6) is 0 Å². The highest BCUT2D eigenvalue weighted by molar-refractivity contribution is 9.10. The number of carbonyl (C=O) groups is 2. The third kappa shape index (κ3) is 7.22. The zero-order valence-electron chi connectivity index (χ0n) is 29.2. The molecular weight excluding hydrogens is 776 g/mol. The number of ether oxygens (including phenoxy) is 1. The van der Waals surface area contributed by atoms with Gasteiger partial charge in [-0.2, -0.15) is 14.7 Å². The summed E-state index contributed by atoms with van der Waals surface area (Å²) in [6.07, 6.45) is 1.88. The Kier molecular flexibility index (Phi) is 10.3. The molecule has 16 heteroatoms. The lowest BCUT2D eigenvalue weighted by atomic mass is 10.1. The zero-order valence-corrected chi connectivity index (χ0v) is 31.6. The van der Waals surface area contributed by atoms with E-state index in [0.717, 1.165) is 27.5 Å². The second-order valence-corrected chi connectivity index (χ2v) is 15.3. The number of carboxylic acids is 1. The van der Waals surface area contributed by atoms with Crippen LogP contribution >= 0.6 is 15.9 Å². The molecule has 4 aromatic carbocycles. The quantitative estimate of drug-likeness (QED) is 0.112. The van der Waals surface area contributed by atoms with E-state index < -0.39 is 27.9 Å². The number of para-hydroxylation sites is 1. The van der Waals surface area contributed by atoms with Crippen LogP contribution in [0.3, 0.4) is 0 Å². The number of rotatable bonds is 13. The van der Waals surface area contributed by atoms with E-state index in [-0.39, 0.29) is 27.7 Å². The van der Waals surface area contributed by atoms with Gasteiger partial charge in [0.15, 0.2) is 23.3 Å². The number of carboxylic acid groups (broad SMARTS) is 1. The van der Waals surface area contributed by atoms with Crippen LogP contribution in [-0.4, -0.2) is 75.8 Å². The second-order valence-electron chi connectivity index (χ2n) is 12.5. The number of anilines is 2. The molecule has 54 heavy (non-hydrogen) atoms. The lowest BCUT2D eigenvalue weighted by Gasteiger charge is -2.30. The number of hydrogen-bond acceptors (Lipinski definition) is 9. The number of benzene rings is 4. The minimum Gasteiger partial charge on any atom is -0.478 e. The molecule has 276 valence electrons.